The molecule has 0 aliphatic carbocycles. The van der Waals surface area contributed by atoms with E-state index in [9.17, 15) is 4.39 Å². The van der Waals surface area contributed by atoms with Gasteiger partial charge in [-0.25, -0.2) is 4.39 Å². The maximum absolute atomic E-state index is 13.6. The summed E-state index contributed by atoms with van der Waals surface area (Å²) < 4.78 is 32.6. The van der Waals surface area contributed by atoms with Crippen LogP contribution in [0.2, 0.25) is 18.1 Å². The number of nitrogens with two attached hydrogens (primary N) is 1. The summed E-state index contributed by atoms with van der Waals surface area (Å²) in [6.45, 7) is 26.2. The van der Waals surface area contributed by atoms with Crippen LogP contribution in [0.5, 0.6) is 0 Å². The second-order valence-corrected chi connectivity index (χ2v) is 16.7. The van der Waals surface area contributed by atoms with E-state index in [0.717, 1.165) is 11.0 Å². The van der Waals surface area contributed by atoms with Crippen LogP contribution in [0.1, 0.15) is 67.4 Å². The fraction of sp³-hybridized carbons (Fsp3) is 0.680. The molecule has 0 saturated carbocycles. The van der Waals surface area contributed by atoms with Gasteiger partial charge in [-0.15, -0.1) is 6.58 Å². The molecular weight excluding hydrogens is 420 g/mol. The first kappa shape index (κ1) is 27.3. The third-order valence-electron chi connectivity index (χ3n) is 7.87. The summed E-state index contributed by atoms with van der Waals surface area (Å²) in [7, 11) is -2.48. The topological polar surface area (TPSA) is 53.7 Å². The Morgan fingerprint density at radius 2 is 1.56 bits per heavy atom. The van der Waals surface area contributed by atoms with Gasteiger partial charge in [-0.05, 0) is 82.3 Å². The Balaban J connectivity index is 2.32. The molecule has 32 heavy (non-hydrogen) atoms. The number of hydrogen-bond donors (Lipinski definition) is 1. The molecule has 2 rings (SSSR count). The number of hydrogen-bond acceptors (Lipinski definition) is 4. The van der Waals surface area contributed by atoms with E-state index in [-0.39, 0.29) is 16.8 Å². The first-order valence-electron chi connectivity index (χ1n) is 11.5. The third kappa shape index (κ3) is 5.56. The highest BCUT2D eigenvalue weighted by Crippen LogP contribution is 2.43. The molecule has 0 aromatic heterocycles. The van der Waals surface area contributed by atoms with E-state index in [2.05, 4.69) is 40.4 Å². The van der Waals surface area contributed by atoms with Crippen molar-refractivity contribution >= 4 is 15.4 Å². The predicted molar refractivity (Wildman–Crippen MR) is 134 cm³/mol. The first-order chi connectivity index (χ1) is 14.3. The van der Waals surface area contributed by atoms with E-state index in [4.69, 9.17) is 19.5 Å². The Bertz CT molecular complexity index is 799. The summed E-state index contributed by atoms with van der Waals surface area (Å²) in [5.74, 6) is -0.473. The van der Waals surface area contributed by atoms with Gasteiger partial charge in [0, 0.05) is 18.1 Å². The van der Waals surface area contributed by atoms with Crippen LogP contribution < -0.4 is 5.73 Å². The van der Waals surface area contributed by atoms with Gasteiger partial charge >= 0.3 is 7.12 Å². The van der Waals surface area contributed by atoms with Crippen LogP contribution in [0.4, 0.5) is 4.39 Å². The molecule has 0 radical (unpaired) electrons. The third-order valence-corrected chi connectivity index (χ3v) is 12.4. The number of halogens is 1. The van der Waals surface area contributed by atoms with Crippen LogP contribution in [-0.2, 0) is 19.3 Å². The van der Waals surface area contributed by atoms with Crippen LogP contribution in [0.3, 0.4) is 0 Å². The van der Waals surface area contributed by atoms with Crippen molar-refractivity contribution in [3.05, 3.63) is 47.7 Å². The monoisotopic (exact) mass is 463 g/mol. The largest absolute Gasteiger partial charge is 0.490 e. The summed E-state index contributed by atoms with van der Waals surface area (Å²) in [6.07, 6.45) is 0.666. The molecule has 1 aliphatic heterocycles. The highest BCUT2D eigenvalue weighted by atomic mass is 28.4. The van der Waals surface area contributed by atoms with Gasteiger partial charge < -0.3 is 19.5 Å². The molecule has 0 bridgehead atoms. The van der Waals surface area contributed by atoms with Crippen molar-refractivity contribution in [3.8, 4) is 0 Å². The summed E-state index contributed by atoms with van der Waals surface area (Å²) in [5, 5.41) is 0.119. The van der Waals surface area contributed by atoms with Crippen LogP contribution >= 0.6 is 0 Å². The Morgan fingerprint density at radius 3 is 2.00 bits per heavy atom. The Labute approximate surface area is 196 Å². The molecule has 2 N–H and O–H groups in total. The van der Waals surface area contributed by atoms with Crippen LogP contribution in [0.15, 0.2) is 36.3 Å². The summed E-state index contributed by atoms with van der Waals surface area (Å²) in [5.41, 5.74) is 6.83. The van der Waals surface area contributed by atoms with E-state index in [1.165, 1.54) is 12.1 Å². The van der Waals surface area contributed by atoms with Crippen molar-refractivity contribution in [2.45, 2.75) is 96.7 Å². The molecular formula is C25H43BFNO3Si. The van der Waals surface area contributed by atoms with Gasteiger partial charge in [0.15, 0.2) is 8.32 Å². The van der Waals surface area contributed by atoms with Crippen molar-refractivity contribution in [3.63, 3.8) is 0 Å². The molecule has 0 amide bonds. The molecule has 1 saturated heterocycles. The second-order valence-electron chi connectivity index (χ2n) is 11.9. The van der Waals surface area contributed by atoms with Crippen LogP contribution in [0.25, 0.3) is 0 Å². The predicted octanol–water partition coefficient (Wildman–Crippen LogP) is 6.22. The van der Waals surface area contributed by atoms with Gasteiger partial charge in [-0.2, -0.15) is 0 Å². The van der Waals surface area contributed by atoms with Crippen molar-refractivity contribution in [2.24, 2.45) is 11.7 Å². The van der Waals surface area contributed by atoms with Gasteiger partial charge in [-0.3, -0.25) is 0 Å². The molecule has 7 heteroatoms. The van der Waals surface area contributed by atoms with E-state index in [0.29, 0.717) is 13.0 Å². The minimum absolute atomic E-state index is 0.119. The maximum atomic E-state index is 13.6. The van der Waals surface area contributed by atoms with E-state index in [1.54, 1.807) is 12.1 Å². The highest BCUT2D eigenvalue weighted by molar-refractivity contribution is 6.74. The average molecular weight is 464 g/mol. The second kappa shape index (κ2) is 8.99. The molecule has 0 spiro atoms. The molecule has 1 heterocycles. The van der Waals surface area contributed by atoms with E-state index < -0.39 is 32.2 Å². The standard InChI is InChI=1S/C25H43BFNO3Si/c1-18(26-30-23(5,6)24(7,8)31-26)21(16-17-29-32(10,11)22(2,3)4)25(9,28)19-12-14-20(27)15-13-19/h12-15,21H,1,16-17,28H2,2-11H3/t21-,25-/m0/s1. The van der Waals surface area contributed by atoms with Gasteiger partial charge in [0.1, 0.15) is 5.82 Å². The lowest BCUT2D eigenvalue weighted by Crippen LogP contribution is -2.47. The zero-order valence-corrected chi connectivity index (χ0v) is 22.8. The molecule has 1 aromatic rings. The minimum Gasteiger partial charge on any atom is -0.417 e. The summed E-state index contributed by atoms with van der Waals surface area (Å²) in [4.78, 5) is 0. The molecule has 4 nitrogen and oxygen atoms in total. The van der Waals surface area contributed by atoms with Crippen LogP contribution in [-0.4, -0.2) is 33.2 Å². The number of rotatable bonds is 8. The van der Waals surface area contributed by atoms with Crippen LogP contribution in [0, 0.1) is 11.7 Å². The molecule has 2 atom stereocenters. The molecule has 1 fully saturated rings. The van der Waals surface area contributed by atoms with Crippen molar-refractivity contribution in [2.75, 3.05) is 6.61 Å². The maximum Gasteiger partial charge on any atom is 0.490 e. The van der Waals surface area contributed by atoms with Gasteiger partial charge in [-0.1, -0.05) is 32.9 Å². The highest BCUT2D eigenvalue weighted by Gasteiger charge is 2.54. The fourth-order valence-corrected chi connectivity index (χ4v) is 4.75. The zero-order valence-electron chi connectivity index (χ0n) is 21.8. The zero-order chi connectivity index (χ0) is 24.8. The van der Waals surface area contributed by atoms with Crippen molar-refractivity contribution in [1.29, 1.82) is 0 Å². The van der Waals surface area contributed by atoms with Gasteiger partial charge in [0.2, 0.25) is 0 Å². The lowest BCUT2D eigenvalue weighted by molar-refractivity contribution is 0.00578. The van der Waals surface area contributed by atoms with Gasteiger partial charge in [0.25, 0.3) is 0 Å². The quantitative estimate of drug-likeness (QED) is 0.466. The first-order valence-corrected chi connectivity index (χ1v) is 14.5. The Morgan fingerprint density at radius 1 is 1.09 bits per heavy atom. The fourth-order valence-electron chi connectivity index (χ4n) is 3.69. The van der Waals surface area contributed by atoms with E-state index in [1.807, 2.05) is 34.6 Å². The molecule has 1 aliphatic rings. The molecule has 180 valence electrons. The minimum atomic E-state index is -1.91. The Hall–Kier alpha value is -0.988. The lowest BCUT2D eigenvalue weighted by Gasteiger charge is -2.39. The normalized spacial score (nSPS) is 21.3. The molecule has 0 unspecified atom stereocenters. The van der Waals surface area contributed by atoms with Crippen molar-refractivity contribution in [1.82, 2.24) is 0 Å². The number of benzene rings is 1. The molecule has 1 aromatic carbocycles. The SMILES string of the molecule is C=C(B1OC(C)(C)C(C)(C)O1)[C@H](CCO[Si](C)(C)C(C)(C)C)[C@@](C)(N)c1ccc(F)cc1. The smallest absolute Gasteiger partial charge is 0.417 e. The van der Waals surface area contributed by atoms with Crippen molar-refractivity contribution < 1.29 is 18.1 Å². The lowest BCUT2D eigenvalue weighted by atomic mass is 9.63. The Kier molecular flexibility index (Phi) is 7.66. The average Bonchev–Trinajstić information content (AvgIpc) is 2.85. The summed E-state index contributed by atoms with van der Waals surface area (Å²) >= 11 is 0. The van der Waals surface area contributed by atoms with E-state index >= 15 is 0 Å². The van der Waals surface area contributed by atoms with Gasteiger partial charge in [0.05, 0.1) is 11.2 Å². The summed E-state index contributed by atoms with van der Waals surface area (Å²) in [6, 6.07) is 6.38.